The second-order valence-electron chi connectivity index (χ2n) is 18.1. The van der Waals surface area contributed by atoms with Gasteiger partial charge in [-0.1, -0.05) is 170 Å². The first-order chi connectivity index (χ1) is 32.7. The lowest BCUT2D eigenvalue weighted by molar-refractivity contribution is 0.744. The summed E-state index contributed by atoms with van der Waals surface area (Å²) in [6, 6.07) is 79.2. The van der Waals surface area contributed by atoms with E-state index in [1.807, 2.05) is 0 Å². The minimum atomic E-state index is 0.296. The Labute approximate surface area is 385 Å². The van der Waals surface area contributed by atoms with Crippen LogP contribution in [0.25, 0.3) is 55.0 Å². The lowest BCUT2D eigenvalue weighted by Gasteiger charge is -2.28. The van der Waals surface area contributed by atoms with Crippen LogP contribution >= 0.6 is 0 Å². The zero-order valence-corrected chi connectivity index (χ0v) is 36.6. The van der Waals surface area contributed by atoms with Gasteiger partial charge in [0.15, 0.2) is 0 Å². The first kappa shape index (κ1) is 38.3. The Balaban J connectivity index is 0.820. The summed E-state index contributed by atoms with van der Waals surface area (Å²) in [5, 5.41) is 5.13. The van der Waals surface area contributed by atoms with Crippen molar-refractivity contribution in [2.24, 2.45) is 0 Å². The molecule has 2 aliphatic rings. The number of nitrogens with zero attached hydrogens (tertiary/aromatic N) is 3. The van der Waals surface area contributed by atoms with Gasteiger partial charge in [-0.2, -0.15) is 0 Å². The van der Waals surface area contributed by atoms with Gasteiger partial charge in [-0.3, -0.25) is 0 Å². The van der Waals surface area contributed by atoms with Crippen LogP contribution in [-0.2, 0) is 19.3 Å². The van der Waals surface area contributed by atoms with E-state index in [-0.39, 0.29) is 0 Å². The van der Waals surface area contributed by atoms with Gasteiger partial charge in [0.25, 0.3) is 0 Å². The van der Waals surface area contributed by atoms with Gasteiger partial charge in [-0.25, -0.2) is 0 Å². The Morgan fingerprint density at radius 2 is 0.682 bits per heavy atom. The number of hydrogen-bond donors (Lipinski definition) is 0. The lowest BCUT2D eigenvalue weighted by atomic mass is 9.91. The zero-order valence-electron chi connectivity index (χ0n) is 36.6. The van der Waals surface area contributed by atoms with Crippen LogP contribution in [-0.4, -0.2) is 15.2 Å². The van der Waals surface area contributed by atoms with E-state index in [2.05, 4.69) is 251 Å². The number of allylic oxidation sites excluding steroid dienone is 2. The quantitative estimate of drug-likeness (QED) is 0.141. The molecule has 1 aliphatic carbocycles. The predicted octanol–water partition coefficient (Wildman–Crippen LogP) is 15.4. The number of hydrogen-bond acceptors (Lipinski definition) is 1. The van der Waals surface area contributed by atoms with Crippen LogP contribution in [0.2, 0.25) is 0 Å². The molecule has 9 aromatic carbocycles. The molecular formula is C63H47N3. The van der Waals surface area contributed by atoms with Crippen molar-refractivity contribution in [1.82, 2.24) is 9.13 Å². The summed E-state index contributed by atoms with van der Waals surface area (Å²) < 4.78 is 4.80. The predicted molar refractivity (Wildman–Crippen MR) is 276 cm³/mol. The molecule has 3 heteroatoms. The van der Waals surface area contributed by atoms with E-state index in [0.717, 1.165) is 19.3 Å². The molecule has 314 valence electrons. The smallest absolute Gasteiger partial charge is 0.0629 e. The number of benzene rings is 9. The molecule has 0 saturated carbocycles. The third kappa shape index (κ3) is 6.58. The van der Waals surface area contributed by atoms with Crippen molar-refractivity contribution in [3.05, 3.63) is 276 Å². The normalized spacial score (nSPS) is 15.3. The Hall–Kier alpha value is -8.14. The van der Waals surface area contributed by atoms with Crippen LogP contribution in [0, 0.1) is 0 Å². The summed E-state index contributed by atoms with van der Waals surface area (Å²) in [6.45, 7) is 0. The fraction of sp³-hybridized carbons (Fsp3) is 0.0794. The molecular weight excluding hydrogens is 799 g/mol. The summed E-state index contributed by atoms with van der Waals surface area (Å²) in [7, 11) is 0. The number of anilines is 2. The average Bonchev–Trinajstić information content (AvgIpc) is 4.01. The first-order valence-electron chi connectivity index (χ1n) is 23.3. The van der Waals surface area contributed by atoms with Crippen molar-refractivity contribution < 1.29 is 0 Å². The third-order valence-corrected chi connectivity index (χ3v) is 14.1. The topological polar surface area (TPSA) is 13.1 Å². The van der Waals surface area contributed by atoms with Gasteiger partial charge in [0.2, 0.25) is 0 Å². The fourth-order valence-corrected chi connectivity index (χ4v) is 11.1. The van der Waals surface area contributed by atoms with Crippen LogP contribution in [0.5, 0.6) is 0 Å². The Bertz CT molecular complexity index is 3390. The lowest BCUT2D eigenvalue weighted by Crippen LogP contribution is -2.28. The maximum atomic E-state index is 2.52. The summed E-state index contributed by atoms with van der Waals surface area (Å²) in [5.41, 5.74) is 19.2. The molecule has 1 aliphatic heterocycles. The maximum Gasteiger partial charge on any atom is 0.0629 e. The van der Waals surface area contributed by atoms with E-state index in [1.54, 1.807) is 0 Å². The van der Waals surface area contributed by atoms with Crippen molar-refractivity contribution in [2.45, 2.75) is 31.2 Å². The Morgan fingerprint density at radius 3 is 1.12 bits per heavy atom. The third-order valence-electron chi connectivity index (χ3n) is 14.1. The van der Waals surface area contributed by atoms with Crippen molar-refractivity contribution >= 4 is 55.0 Å². The number of rotatable bonds is 9. The average molecular weight is 846 g/mol. The van der Waals surface area contributed by atoms with Crippen LogP contribution in [0.15, 0.2) is 237 Å². The largest absolute Gasteiger partial charge is 0.333 e. The molecule has 66 heavy (non-hydrogen) atoms. The summed E-state index contributed by atoms with van der Waals surface area (Å²) >= 11 is 0. The molecule has 3 heterocycles. The van der Waals surface area contributed by atoms with Crippen LogP contribution in [0.3, 0.4) is 0 Å². The first-order valence-corrected chi connectivity index (χ1v) is 23.3. The van der Waals surface area contributed by atoms with E-state index in [9.17, 15) is 0 Å². The second-order valence-corrected chi connectivity index (χ2v) is 18.1. The fourth-order valence-electron chi connectivity index (χ4n) is 11.1. The van der Waals surface area contributed by atoms with E-state index < -0.39 is 0 Å². The highest BCUT2D eigenvalue weighted by molar-refractivity contribution is 6.10. The van der Waals surface area contributed by atoms with Crippen molar-refractivity contribution in [3.8, 4) is 11.4 Å². The molecule has 2 atom stereocenters. The van der Waals surface area contributed by atoms with Gasteiger partial charge in [0.1, 0.15) is 0 Å². The summed E-state index contributed by atoms with van der Waals surface area (Å²) in [5.74, 6) is 0.377. The van der Waals surface area contributed by atoms with E-state index >= 15 is 0 Å². The van der Waals surface area contributed by atoms with Crippen LogP contribution in [0.1, 0.15) is 44.9 Å². The molecule has 0 radical (unpaired) electrons. The summed E-state index contributed by atoms with van der Waals surface area (Å²) in [6.07, 6.45) is 11.7. The van der Waals surface area contributed by atoms with Gasteiger partial charge >= 0.3 is 0 Å². The van der Waals surface area contributed by atoms with Crippen molar-refractivity contribution in [1.29, 1.82) is 0 Å². The van der Waals surface area contributed by atoms with Gasteiger partial charge in [-0.05, 0) is 125 Å². The number of fused-ring (bicyclic) bond motifs is 9. The minimum Gasteiger partial charge on any atom is -0.333 e. The highest BCUT2D eigenvalue weighted by Crippen LogP contribution is 2.47. The number of aromatic nitrogens is 2. The number of para-hydroxylation sites is 5. The minimum absolute atomic E-state index is 0.296. The van der Waals surface area contributed by atoms with Gasteiger partial charge < -0.3 is 14.0 Å². The molecule has 13 rings (SSSR count). The molecule has 3 nitrogen and oxygen atoms in total. The highest BCUT2D eigenvalue weighted by atomic mass is 15.2. The molecule has 0 amide bonds. The molecule has 2 unspecified atom stereocenters. The zero-order chi connectivity index (χ0) is 43.6. The monoisotopic (exact) mass is 845 g/mol. The molecule has 2 aromatic heterocycles. The SMILES string of the molecule is C1=CC2c3ccccc3N(c3ccc(Cc4cc(Cc5ccc(-n6c7ccccc7c7ccccc76)cc5)cc(Cc5ccc(-n6c7ccccc7c7ccccc76)cc5)c4)cc3)C2C=C1. The van der Waals surface area contributed by atoms with E-state index in [4.69, 9.17) is 0 Å². The van der Waals surface area contributed by atoms with Crippen molar-refractivity contribution in [3.63, 3.8) is 0 Å². The standard InChI is InChI=1S/C63H47N3/c1-7-19-58-52(13-1)53-14-2-8-20-59(53)64(58)49-31-25-43(26-32-49)37-46-40-47(38-44-27-33-50(34-28-44)65-60-21-9-3-15-54(60)55-16-4-10-22-61(55)65)42-48(41-46)39-45-29-35-51(36-30-45)66-62-23-11-5-17-56(62)57-18-6-12-24-63(57)66/h1-36,40-42,52,58H,37-39H2. The molecule has 0 N–H and O–H groups in total. The molecule has 0 bridgehead atoms. The molecule has 0 fully saturated rings. The molecule has 0 saturated heterocycles. The Kier molecular flexibility index (Phi) is 9.19. The molecule has 0 spiro atoms. The van der Waals surface area contributed by atoms with Gasteiger partial charge in [0, 0.05) is 50.2 Å². The van der Waals surface area contributed by atoms with Gasteiger partial charge in [-0.15, -0.1) is 0 Å². The molecule has 11 aromatic rings. The van der Waals surface area contributed by atoms with E-state index in [0.29, 0.717) is 12.0 Å². The second kappa shape index (κ2) is 15.8. The summed E-state index contributed by atoms with van der Waals surface area (Å²) in [4.78, 5) is 2.52. The highest BCUT2D eigenvalue weighted by Gasteiger charge is 2.36. The Morgan fingerprint density at radius 1 is 0.318 bits per heavy atom. The van der Waals surface area contributed by atoms with Gasteiger partial charge in [0.05, 0.1) is 28.1 Å². The maximum absolute atomic E-state index is 2.52. The van der Waals surface area contributed by atoms with Crippen molar-refractivity contribution in [2.75, 3.05) is 4.90 Å². The van der Waals surface area contributed by atoms with Crippen LogP contribution in [0.4, 0.5) is 11.4 Å². The van der Waals surface area contributed by atoms with E-state index in [1.165, 1.54) is 105 Å². The van der Waals surface area contributed by atoms with Crippen LogP contribution < -0.4 is 4.90 Å².